The maximum atomic E-state index is 5.57. The van der Waals surface area contributed by atoms with Crippen LogP contribution >= 0.6 is 0 Å². The van der Waals surface area contributed by atoms with Crippen molar-refractivity contribution in [2.45, 2.75) is 45.4 Å². The minimum atomic E-state index is -0.00512. The molecule has 112 valence electrons. The largest absolute Gasteiger partial charge is 0.368 e. The first kappa shape index (κ1) is 13.0. The lowest BCUT2D eigenvalue weighted by Gasteiger charge is -2.24. The molecular formula is C14H19N5O2. The predicted molar refractivity (Wildman–Crippen MR) is 73.4 cm³/mol. The third kappa shape index (κ3) is 2.58. The molecule has 0 aliphatic carbocycles. The molecule has 1 fully saturated rings. The van der Waals surface area contributed by atoms with Gasteiger partial charge in [-0.25, -0.2) is 4.98 Å². The lowest BCUT2D eigenvalue weighted by atomic mass is 10.1. The van der Waals surface area contributed by atoms with Gasteiger partial charge in [0.25, 0.3) is 5.89 Å². The van der Waals surface area contributed by atoms with Crippen LogP contribution in [0.15, 0.2) is 4.52 Å². The number of aromatic amines is 1. The number of aryl methyl sites for hydroxylation is 1. The number of ether oxygens (including phenoxy) is 1. The second-order valence-electron chi connectivity index (χ2n) is 5.76. The van der Waals surface area contributed by atoms with Gasteiger partial charge >= 0.3 is 0 Å². The first-order chi connectivity index (χ1) is 10.3. The number of fused-ring (bicyclic) bond motifs is 1. The van der Waals surface area contributed by atoms with Gasteiger partial charge in [-0.1, -0.05) is 5.16 Å². The van der Waals surface area contributed by atoms with E-state index in [-0.39, 0.29) is 6.10 Å². The summed E-state index contributed by atoms with van der Waals surface area (Å²) in [7, 11) is 0. The van der Waals surface area contributed by atoms with Crippen molar-refractivity contribution < 1.29 is 9.26 Å². The van der Waals surface area contributed by atoms with Crippen molar-refractivity contribution in [2.75, 3.05) is 13.2 Å². The van der Waals surface area contributed by atoms with Gasteiger partial charge in [0.2, 0.25) is 0 Å². The monoisotopic (exact) mass is 289 g/mol. The zero-order valence-corrected chi connectivity index (χ0v) is 12.1. The summed E-state index contributed by atoms with van der Waals surface area (Å²) in [4.78, 5) is 14.6. The van der Waals surface area contributed by atoms with Crippen molar-refractivity contribution >= 4 is 0 Å². The number of H-pyrrole nitrogens is 1. The van der Waals surface area contributed by atoms with E-state index in [0.717, 1.165) is 50.6 Å². The van der Waals surface area contributed by atoms with Crippen molar-refractivity contribution in [3.63, 3.8) is 0 Å². The van der Waals surface area contributed by atoms with Crippen molar-refractivity contribution in [1.82, 2.24) is 25.0 Å². The van der Waals surface area contributed by atoms with Crippen LogP contribution in [-0.4, -0.2) is 38.2 Å². The number of aromatic nitrogens is 4. The van der Waals surface area contributed by atoms with Crippen LogP contribution in [0.3, 0.4) is 0 Å². The summed E-state index contributed by atoms with van der Waals surface area (Å²) in [6.45, 7) is 5.32. The topological polar surface area (TPSA) is 80.1 Å². The first-order valence-electron chi connectivity index (χ1n) is 7.49. The molecule has 7 heteroatoms. The molecule has 2 aliphatic heterocycles. The standard InChI is InChI=1S/C14H19N5O2/c1-9-15-10-4-5-19(7-11(10)16-9)8-13-17-14(21-18-13)12-3-2-6-20-12/h12H,2-8H2,1H3,(H,15,16). The maximum Gasteiger partial charge on any atom is 0.255 e. The molecule has 1 atom stereocenters. The Hall–Kier alpha value is -1.73. The molecule has 21 heavy (non-hydrogen) atoms. The summed E-state index contributed by atoms with van der Waals surface area (Å²) in [5.41, 5.74) is 2.40. The van der Waals surface area contributed by atoms with Gasteiger partial charge in [-0.05, 0) is 19.8 Å². The van der Waals surface area contributed by atoms with Gasteiger partial charge in [0.05, 0.1) is 17.9 Å². The highest BCUT2D eigenvalue weighted by Crippen LogP contribution is 2.27. The van der Waals surface area contributed by atoms with Crippen LogP contribution in [-0.2, 0) is 24.2 Å². The summed E-state index contributed by atoms with van der Waals surface area (Å²) in [5, 5.41) is 4.08. The van der Waals surface area contributed by atoms with Crippen LogP contribution in [0.5, 0.6) is 0 Å². The zero-order valence-electron chi connectivity index (χ0n) is 12.1. The van der Waals surface area contributed by atoms with Crippen LogP contribution in [0.1, 0.15) is 47.9 Å². The molecule has 0 saturated carbocycles. The Balaban J connectivity index is 1.42. The fourth-order valence-corrected chi connectivity index (χ4v) is 3.06. The summed E-state index contributed by atoms with van der Waals surface area (Å²) >= 11 is 0. The molecule has 2 aromatic rings. The zero-order chi connectivity index (χ0) is 14.2. The van der Waals surface area contributed by atoms with Crippen LogP contribution < -0.4 is 0 Å². The summed E-state index contributed by atoms with van der Waals surface area (Å²) < 4.78 is 10.9. The summed E-state index contributed by atoms with van der Waals surface area (Å²) in [6.07, 6.45) is 3.00. The maximum absolute atomic E-state index is 5.57. The van der Waals surface area contributed by atoms with Gasteiger partial charge in [-0.3, -0.25) is 4.90 Å². The number of nitrogens with one attached hydrogen (secondary N) is 1. The van der Waals surface area contributed by atoms with Crippen molar-refractivity contribution in [1.29, 1.82) is 0 Å². The average molecular weight is 289 g/mol. The van der Waals surface area contributed by atoms with Crippen LogP contribution in [0.4, 0.5) is 0 Å². The molecule has 4 heterocycles. The average Bonchev–Trinajstić information content (AvgIpc) is 3.16. The molecule has 1 unspecified atom stereocenters. The fraction of sp³-hybridized carbons (Fsp3) is 0.643. The predicted octanol–water partition coefficient (Wildman–Crippen LogP) is 1.51. The SMILES string of the molecule is Cc1nc2c([nH]1)CN(Cc1noc(C3CCCO3)n1)CC2. The third-order valence-electron chi connectivity index (χ3n) is 4.08. The molecule has 0 bridgehead atoms. The quantitative estimate of drug-likeness (QED) is 0.922. The highest BCUT2D eigenvalue weighted by Gasteiger charge is 2.25. The van der Waals surface area contributed by atoms with Gasteiger partial charge in [0, 0.05) is 26.1 Å². The number of imidazole rings is 1. The van der Waals surface area contributed by atoms with Gasteiger partial charge in [-0.15, -0.1) is 0 Å². The van der Waals surface area contributed by atoms with Crippen molar-refractivity contribution in [2.24, 2.45) is 0 Å². The number of rotatable bonds is 3. The smallest absolute Gasteiger partial charge is 0.255 e. The Morgan fingerprint density at radius 1 is 1.38 bits per heavy atom. The Labute approximate surface area is 122 Å². The van der Waals surface area contributed by atoms with E-state index in [4.69, 9.17) is 9.26 Å². The Kier molecular flexibility index (Phi) is 3.23. The van der Waals surface area contributed by atoms with E-state index in [1.807, 2.05) is 6.92 Å². The molecule has 2 aliphatic rings. The molecule has 1 N–H and O–H groups in total. The van der Waals surface area contributed by atoms with Gasteiger partial charge in [-0.2, -0.15) is 4.98 Å². The minimum Gasteiger partial charge on any atom is -0.368 e. The highest BCUT2D eigenvalue weighted by atomic mass is 16.5. The van der Waals surface area contributed by atoms with Crippen LogP contribution in [0.2, 0.25) is 0 Å². The third-order valence-corrected chi connectivity index (χ3v) is 4.08. The van der Waals surface area contributed by atoms with Gasteiger partial charge < -0.3 is 14.2 Å². The van der Waals surface area contributed by atoms with E-state index in [1.165, 1.54) is 11.4 Å². The lowest BCUT2D eigenvalue weighted by molar-refractivity contribution is 0.0835. The Morgan fingerprint density at radius 2 is 2.33 bits per heavy atom. The lowest BCUT2D eigenvalue weighted by Crippen LogP contribution is -2.30. The molecule has 7 nitrogen and oxygen atoms in total. The van der Waals surface area contributed by atoms with Crippen LogP contribution in [0, 0.1) is 6.92 Å². The second-order valence-corrected chi connectivity index (χ2v) is 5.76. The summed E-state index contributed by atoms with van der Waals surface area (Å²) in [5.74, 6) is 2.35. The van der Waals surface area contributed by atoms with E-state index in [0.29, 0.717) is 12.4 Å². The van der Waals surface area contributed by atoms with E-state index < -0.39 is 0 Å². The van der Waals surface area contributed by atoms with Crippen LogP contribution in [0.25, 0.3) is 0 Å². The molecule has 4 rings (SSSR count). The molecule has 0 radical (unpaired) electrons. The summed E-state index contributed by atoms with van der Waals surface area (Å²) in [6, 6.07) is 0. The fourth-order valence-electron chi connectivity index (χ4n) is 3.06. The highest BCUT2D eigenvalue weighted by molar-refractivity contribution is 5.17. The van der Waals surface area contributed by atoms with Crippen molar-refractivity contribution in [3.8, 4) is 0 Å². The second kappa shape index (κ2) is 5.23. The molecule has 0 aromatic carbocycles. The normalized spacial score (nSPS) is 22.6. The van der Waals surface area contributed by atoms with Crippen molar-refractivity contribution in [3.05, 3.63) is 28.9 Å². The Morgan fingerprint density at radius 3 is 3.19 bits per heavy atom. The number of nitrogens with zero attached hydrogens (tertiary/aromatic N) is 4. The van der Waals surface area contributed by atoms with Gasteiger partial charge in [0.15, 0.2) is 5.82 Å². The molecule has 2 aromatic heterocycles. The number of hydrogen-bond acceptors (Lipinski definition) is 6. The van der Waals surface area contributed by atoms with E-state index in [1.54, 1.807) is 0 Å². The molecule has 1 saturated heterocycles. The van der Waals surface area contributed by atoms with Gasteiger partial charge in [0.1, 0.15) is 11.9 Å². The molecule has 0 spiro atoms. The first-order valence-corrected chi connectivity index (χ1v) is 7.49. The molecular weight excluding hydrogens is 270 g/mol. The van der Waals surface area contributed by atoms with E-state index in [2.05, 4.69) is 25.0 Å². The molecule has 0 amide bonds. The van der Waals surface area contributed by atoms with E-state index >= 15 is 0 Å². The Bertz CT molecular complexity index is 629. The minimum absolute atomic E-state index is 0.00512. The van der Waals surface area contributed by atoms with E-state index in [9.17, 15) is 0 Å². The number of hydrogen-bond donors (Lipinski definition) is 1.